The molecular formula is C11H11ClO4. The zero-order valence-electron chi connectivity index (χ0n) is 9.13. The molecule has 4 nitrogen and oxygen atoms in total. The highest BCUT2D eigenvalue weighted by Crippen LogP contribution is 2.32. The first-order chi connectivity index (χ1) is 7.40. The minimum atomic E-state index is -1.52. The lowest BCUT2D eigenvalue weighted by molar-refractivity contribution is -0.131. The van der Waals surface area contributed by atoms with Gasteiger partial charge in [0.2, 0.25) is 0 Å². The summed E-state index contributed by atoms with van der Waals surface area (Å²) in [5.41, 5.74) is 1.05. The highest BCUT2D eigenvalue weighted by molar-refractivity contribution is 6.42. The van der Waals surface area contributed by atoms with Crippen molar-refractivity contribution >= 4 is 23.4 Å². The third kappa shape index (κ3) is 2.02. The summed E-state index contributed by atoms with van der Waals surface area (Å²) in [5, 5.41) is 9.06. The number of rotatable bonds is 3. The lowest BCUT2D eigenvalue weighted by Crippen LogP contribution is -2.16. The number of benzene rings is 1. The van der Waals surface area contributed by atoms with Gasteiger partial charge in [-0.15, -0.1) is 0 Å². The Bertz CT molecular complexity index is 466. The van der Waals surface area contributed by atoms with Crippen LogP contribution in [0.2, 0.25) is 5.02 Å². The number of aliphatic carboxylic acids is 1. The van der Waals surface area contributed by atoms with Crippen LogP contribution in [0.1, 0.15) is 21.5 Å². The van der Waals surface area contributed by atoms with E-state index in [9.17, 15) is 9.59 Å². The summed E-state index contributed by atoms with van der Waals surface area (Å²) in [6.45, 7) is 3.28. The summed E-state index contributed by atoms with van der Waals surface area (Å²) < 4.78 is 5.04. The maximum atomic E-state index is 11.5. The molecule has 0 bridgehead atoms. The topological polar surface area (TPSA) is 63.6 Å². The average Bonchev–Trinajstić information content (AvgIpc) is 2.21. The number of Topliss-reactive ketones (excluding diaryl/α,β-unsaturated/α-hetero) is 1. The molecule has 86 valence electrons. The van der Waals surface area contributed by atoms with Crippen LogP contribution in [0.15, 0.2) is 6.07 Å². The van der Waals surface area contributed by atoms with Crippen LogP contribution in [0.3, 0.4) is 0 Å². The number of carbonyl (C=O) groups excluding carboxylic acids is 1. The van der Waals surface area contributed by atoms with Crippen LogP contribution < -0.4 is 4.74 Å². The van der Waals surface area contributed by atoms with E-state index < -0.39 is 11.8 Å². The normalized spacial score (nSPS) is 10.0. The summed E-state index contributed by atoms with van der Waals surface area (Å²) in [6, 6.07) is 1.63. The zero-order chi connectivity index (χ0) is 12.5. The van der Waals surface area contributed by atoms with Crippen molar-refractivity contribution in [3.05, 3.63) is 27.8 Å². The van der Waals surface area contributed by atoms with Crippen LogP contribution in [0.5, 0.6) is 5.75 Å². The molecule has 0 radical (unpaired) electrons. The molecule has 0 aliphatic carbocycles. The molecule has 0 saturated heterocycles. The van der Waals surface area contributed by atoms with Gasteiger partial charge in [0.1, 0.15) is 5.75 Å². The number of aryl methyl sites for hydroxylation is 1. The van der Waals surface area contributed by atoms with E-state index in [-0.39, 0.29) is 11.3 Å². The quantitative estimate of drug-likeness (QED) is 0.652. The van der Waals surface area contributed by atoms with Gasteiger partial charge in [-0.3, -0.25) is 4.79 Å². The highest BCUT2D eigenvalue weighted by atomic mass is 35.5. The maximum Gasteiger partial charge on any atom is 0.377 e. The largest absolute Gasteiger partial charge is 0.496 e. The fourth-order valence-electron chi connectivity index (χ4n) is 1.49. The van der Waals surface area contributed by atoms with Crippen molar-refractivity contribution in [1.29, 1.82) is 0 Å². The lowest BCUT2D eigenvalue weighted by Gasteiger charge is -2.13. The fourth-order valence-corrected chi connectivity index (χ4v) is 1.75. The van der Waals surface area contributed by atoms with Crippen molar-refractivity contribution in [2.45, 2.75) is 13.8 Å². The Morgan fingerprint density at radius 3 is 2.38 bits per heavy atom. The second kappa shape index (κ2) is 4.53. The Kier molecular flexibility index (Phi) is 3.55. The first-order valence-electron chi connectivity index (χ1n) is 4.51. The Hall–Kier alpha value is -1.55. The van der Waals surface area contributed by atoms with Gasteiger partial charge in [-0.25, -0.2) is 4.79 Å². The van der Waals surface area contributed by atoms with Gasteiger partial charge in [0, 0.05) is 5.02 Å². The highest BCUT2D eigenvalue weighted by Gasteiger charge is 2.24. The molecule has 0 spiro atoms. The molecular weight excluding hydrogens is 232 g/mol. The van der Waals surface area contributed by atoms with E-state index in [1.165, 1.54) is 7.11 Å². The van der Waals surface area contributed by atoms with Crippen molar-refractivity contribution in [3.8, 4) is 5.75 Å². The second-order valence-electron chi connectivity index (χ2n) is 3.34. The average molecular weight is 243 g/mol. The number of hydrogen-bond donors (Lipinski definition) is 1. The molecule has 5 heteroatoms. The predicted octanol–water partition coefficient (Wildman–Crippen LogP) is 2.23. The lowest BCUT2D eigenvalue weighted by atomic mass is 10.00. The van der Waals surface area contributed by atoms with E-state index in [1.807, 2.05) is 0 Å². The van der Waals surface area contributed by atoms with E-state index in [4.69, 9.17) is 21.4 Å². The van der Waals surface area contributed by atoms with Gasteiger partial charge in [0.15, 0.2) is 0 Å². The van der Waals surface area contributed by atoms with Crippen LogP contribution in [0.25, 0.3) is 0 Å². The molecule has 1 aromatic carbocycles. The van der Waals surface area contributed by atoms with Crippen LogP contribution in [-0.2, 0) is 4.79 Å². The summed E-state index contributed by atoms with van der Waals surface area (Å²) in [4.78, 5) is 22.2. The van der Waals surface area contributed by atoms with Crippen molar-refractivity contribution in [1.82, 2.24) is 0 Å². The summed E-state index contributed by atoms with van der Waals surface area (Å²) in [5.74, 6) is -2.28. The third-order valence-corrected chi connectivity index (χ3v) is 2.68. The molecule has 0 atom stereocenters. The molecule has 1 aromatic rings. The SMILES string of the molecule is COc1c(C)cc(Cl)c(C)c1C(=O)C(=O)O. The van der Waals surface area contributed by atoms with E-state index in [2.05, 4.69) is 0 Å². The van der Waals surface area contributed by atoms with Gasteiger partial charge in [-0.1, -0.05) is 11.6 Å². The first kappa shape index (κ1) is 12.5. The van der Waals surface area contributed by atoms with Gasteiger partial charge in [0.05, 0.1) is 12.7 Å². The number of carbonyl (C=O) groups is 2. The second-order valence-corrected chi connectivity index (χ2v) is 3.75. The van der Waals surface area contributed by atoms with Crippen molar-refractivity contribution in [2.75, 3.05) is 7.11 Å². The minimum Gasteiger partial charge on any atom is -0.496 e. The van der Waals surface area contributed by atoms with E-state index in [0.717, 1.165) is 0 Å². The predicted molar refractivity (Wildman–Crippen MR) is 59.4 cm³/mol. The molecule has 0 aliphatic rings. The van der Waals surface area contributed by atoms with Crippen LogP contribution in [0, 0.1) is 13.8 Å². The molecule has 0 heterocycles. The first-order valence-corrected chi connectivity index (χ1v) is 4.89. The smallest absolute Gasteiger partial charge is 0.377 e. The number of halogens is 1. The van der Waals surface area contributed by atoms with Crippen molar-refractivity contribution < 1.29 is 19.4 Å². The molecule has 0 aromatic heterocycles. The van der Waals surface area contributed by atoms with Crippen molar-refractivity contribution in [3.63, 3.8) is 0 Å². The van der Waals surface area contributed by atoms with Crippen LogP contribution in [0.4, 0.5) is 0 Å². The third-order valence-electron chi connectivity index (χ3n) is 2.29. The van der Waals surface area contributed by atoms with E-state index >= 15 is 0 Å². The number of ketones is 1. The molecule has 16 heavy (non-hydrogen) atoms. The standard InChI is InChI=1S/C11H11ClO4/c1-5-4-7(12)6(2)8(10(5)16-3)9(13)11(14)15/h4H,1-3H3,(H,14,15). The fraction of sp³-hybridized carbons (Fsp3) is 0.273. The van der Waals surface area contributed by atoms with Gasteiger partial charge in [-0.05, 0) is 31.0 Å². The molecule has 0 saturated carbocycles. The monoisotopic (exact) mass is 242 g/mol. The van der Waals surface area contributed by atoms with Crippen LogP contribution in [-0.4, -0.2) is 24.0 Å². The number of hydrogen-bond acceptors (Lipinski definition) is 3. The number of carboxylic acid groups (broad SMARTS) is 1. The molecule has 0 amide bonds. The van der Waals surface area contributed by atoms with Gasteiger partial charge < -0.3 is 9.84 Å². The minimum absolute atomic E-state index is 0.0139. The Balaban J connectivity index is 3.57. The Morgan fingerprint density at radius 2 is 1.94 bits per heavy atom. The van der Waals surface area contributed by atoms with E-state index in [0.29, 0.717) is 16.1 Å². The summed E-state index contributed by atoms with van der Waals surface area (Å²) in [6.07, 6.45) is 0. The van der Waals surface area contributed by atoms with E-state index in [1.54, 1.807) is 19.9 Å². The van der Waals surface area contributed by atoms with Gasteiger partial charge >= 0.3 is 5.97 Å². The molecule has 1 rings (SSSR count). The molecule has 0 unspecified atom stereocenters. The van der Waals surface area contributed by atoms with Crippen molar-refractivity contribution in [2.24, 2.45) is 0 Å². The molecule has 1 N–H and O–H groups in total. The maximum absolute atomic E-state index is 11.5. The van der Waals surface area contributed by atoms with Gasteiger partial charge in [0.25, 0.3) is 5.78 Å². The van der Waals surface area contributed by atoms with Gasteiger partial charge in [-0.2, -0.15) is 0 Å². The number of carboxylic acids is 1. The van der Waals surface area contributed by atoms with Crippen LogP contribution >= 0.6 is 11.6 Å². The molecule has 0 aliphatic heterocycles. The summed E-state index contributed by atoms with van der Waals surface area (Å²) >= 11 is 5.90. The zero-order valence-corrected chi connectivity index (χ0v) is 9.88. The summed E-state index contributed by atoms with van der Waals surface area (Å²) in [7, 11) is 1.38. The Morgan fingerprint density at radius 1 is 1.38 bits per heavy atom. The molecule has 0 fully saturated rings. The number of ether oxygens (including phenoxy) is 1. The number of methoxy groups -OCH3 is 1. The Labute approximate surface area is 97.8 Å².